The topological polar surface area (TPSA) is 67.2 Å². The minimum absolute atomic E-state index is 0.234. The molecule has 0 saturated carbocycles. The molecule has 7 heteroatoms. The molecule has 134 valence electrons. The molecule has 3 heterocycles. The van der Waals surface area contributed by atoms with Gasteiger partial charge in [-0.05, 0) is 18.9 Å². The van der Waals surface area contributed by atoms with E-state index in [1.165, 1.54) is 0 Å². The van der Waals surface area contributed by atoms with Crippen molar-refractivity contribution in [1.82, 2.24) is 24.4 Å². The van der Waals surface area contributed by atoms with Crippen LogP contribution in [0.4, 0.5) is 5.82 Å². The van der Waals surface area contributed by atoms with Crippen molar-refractivity contribution in [2.45, 2.75) is 39.2 Å². The number of amides is 1. The summed E-state index contributed by atoms with van der Waals surface area (Å²) in [5, 5.41) is 0. The summed E-state index contributed by atoms with van der Waals surface area (Å²) >= 11 is 0. The van der Waals surface area contributed by atoms with E-state index in [1.54, 1.807) is 12.5 Å². The van der Waals surface area contributed by atoms with Crippen LogP contribution in [0.15, 0.2) is 24.8 Å². The summed E-state index contributed by atoms with van der Waals surface area (Å²) in [6, 6.07) is 1.91. The first-order chi connectivity index (χ1) is 12.2. The largest absolute Gasteiger partial charge is 0.350 e. The summed E-state index contributed by atoms with van der Waals surface area (Å²) in [5.41, 5.74) is 1.09. The van der Waals surface area contributed by atoms with Crippen molar-refractivity contribution in [2.24, 2.45) is 7.05 Å². The van der Waals surface area contributed by atoms with E-state index in [0.29, 0.717) is 19.5 Å². The minimum Gasteiger partial charge on any atom is -0.350 e. The second-order valence-electron chi connectivity index (χ2n) is 6.44. The van der Waals surface area contributed by atoms with E-state index in [9.17, 15) is 4.79 Å². The molecular weight excluding hydrogens is 316 g/mol. The van der Waals surface area contributed by atoms with E-state index in [4.69, 9.17) is 0 Å². The standard InChI is InChI=1S/C18H26N6O/c1-3-16-20-8-6-17(21-16)24(13-15-12-19-14-22(15)2)11-7-18(25)23-9-4-5-10-23/h6,8,12,14H,3-5,7,9-11,13H2,1-2H3. The predicted molar refractivity (Wildman–Crippen MR) is 96.1 cm³/mol. The van der Waals surface area contributed by atoms with Crippen LogP contribution < -0.4 is 4.90 Å². The molecule has 0 N–H and O–H groups in total. The summed E-state index contributed by atoms with van der Waals surface area (Å²) in [5.74, 6) is 1.91. The van der Waals surface area contributed by atoms with Crippen molar-refractivity contribution in [3.05, 3.63) is 36.3 Å². The average Bonchev–Trinajstić information content (AvgIpc) is 3.30. The lowest BCUT2D eigenvalue weighted by atomic mass is 10.3. The van der Waals surface area contributed by atoms with E-state index in [1.807, 2.05) is 35.7 Å². The van der Waals surface area contributed by atoms with E-state index in [0.717, 1.165) is 49.7 Å². The zero-order valence-corrected chi connectivity index (χ0v) is 15.1. The van der Waals surface area contributed by atoms with Gasteiger partial charge in [0.2, 0.25) is 5.91 Å². The molecule has 1 fully saturated rings. The molecular formula is C18H26N6O. The van der Waals surface area contributed by atoms with Crippen LogP contribution in [0.1, 0.15) is 37.7 Å². The lowest BCUT2D eigenvalue weighted by molar-refractivity contribution is -0.129. The molecule has 0 atom stereocenters. The van der Waals surface area contributed by atoms with Crippen molar-refractivity contribution in [1.29, 1.82) is 0 Å². The third-order valence-corrected chi connectivity index (χ3v) is 4.65. The number of anilines is 1. The molecule has 0 unspecified atom stereocenters. The lowest BCUT2D eigenvalue weighted by Gasteiger charge is -2.25. The SMILES string of the molecule is CCc1nccc(N(CCC(=O)N2CCCC2)Cc2cncn2C)n1. The van der Waals surface area contributed by atoms with Crippen LogP contribution in [0.5, 0.6) is 0 Å². The number of rotatable bonds is 7. The Morgan fingerprint density at radius 1 is 1.32 bits per heavy atom. The Hall–Kier alpha value is -2.44. The summed E-state index contributed by atoms with van der Waals surface area (Å²) in [6.45, 7) is 5.15. The second kappa shape index (κ2) is 8.09. The number of likely N-dealkylation sites (tertiary alicyclic amines) is 1. The Morgan fingerprint density at radius 2 is 2.12 bits per heavy atom. The van der Waals surface area contributed by atoms with E-state index >= 15 is 0 Å². The Balaban J connectivity index is 1.73. The Morgan fingerprint density at radius 3 is 2.80 bits per heavy atom. The highest BCUT2D eigenvalue weighted by Crippen LogP contribution is 2.16. The maximum Gasteiger partial charge on any atom is 0.224 e. The van der Waals surface area contributed by atoms with Crippen molar-refractivity contribution in [3.63, 3.8) is 0 Å². The van der Waals surface area contributed by atoms with Crippen LogP contribution in [0, 0.1) is 0 Å². The number of carbonyl (C=O) groups excluding carboxylic acids is 1. The van der Waals surface area contributed by atoms with Crippen molar-refractivity contribution >= 4 is 11.7 Å². The molecule has 0 spiro atoms. The van der Waals surface area contributed by atoms with Crippen LogP contribution in [0.2, 0.25) is 0 Å². The van der Waals surface area contributed by atoms with Crippen LogP contribution in [0.3, 0.4) is 0 Å². The predicted octanol–water partition coefficient (Wildman–Crippen LogP) is 1.79. The number of hydrogen-bond acceptors (Lipinski definition) is 5. The quantitative estimate of drug-likeness (QED) is 0.767. The fourth-order valence-electron chi connectivity index (χ4n) is 3.10. The van der Waals surface area contributed by atoms with Gasteiger partial charge in [0.1, 0.15) is 11.6 Å². The highest BCUT2D eigenvalue weighted by molar-refractivity contribution is 5.77. The fraction of sp³-hybridized carbons (Fsp3) is 0.556. The fourth-order valence-corrected chi connectivity index (χ4v) is 3.10. The zero-order valence-electron chi connectivity index (χ0n) is 15.1. The first-order valence-corrected chi connectivity index (χ1v) is 8.97. The Labute approximate surface area is 148 Å². The lowest BCUT2D eigenvalue weighted by Crippen LogP contribution is -2.33. The molecule has 1 saturated heterocycles. The molecule has 2 aromatic rings. The van der Waals surface area contributed by atoms with Gasteiger partial charge in [-0.2, -0.15) is 0 Å². The van der Waals surface area contributed by atoms with Gasteiger partial charge >= 0.3 is 0 Å². The third kappa shape index (κ3) is 4.35. The normalized spacial score (nSPS) is 14.1. The van der Waals surface area contributed by atoms with E-state index in [-0.39, 0.29) is 5.91 Å². The van der Waals surface area contributed by atoms with Gasteiger partial charge in [0.15, 0.2) is 0 Å². The Kier molecular flexibility index (Phi) is 5.63. The first kappa shape index (κ1) is 17.4. The highest BCUT2D eigenvalue weighted by Gasteiger charge is 2.20. The number of imidazole rings is 1. The number of aryl methyl sites for hydroxylation is 2. The van der Waals surface area contributed by atoms with Gasteiger partial charge in [-0.25, -0.2) is 15.0 Å². The number of aromatic nitrogens is 4. The molecule has 0 radical (unpaired) electrons. The molecule has 0 bridgehead atoms. The molecule has 1 amide bonds. The molecule has 1 aliphatic heterocycles. The number of nitrogens with zero attached hydrogens (tertiary/aromatic N) is 6. The van der Waals surface area contributed by atoms with Gasteiger partial charge in [-0.1, -0.05) is 6.92 Å². The molecule has 3 rings (SSSR count). The maximum absolute atomic E-state index is 12.4. The minimum atomic E-state index is 0.234. The van der Waals surface area contributed by atoms with Crippen molar-refractivity contribution < 1.29 is 4.79 Å². The van der Waals surface area contributed by atoms with Crippen LogP contribution >= 0.6 is 0 Å². The molecule has 2 aromatic heterocycles. The summed E-state index contributed by atoms with van der Waals surface area (Å²) in [6.07, 6.45) is 8.98. The summed E-state index contributed by atoms with van der Waals surface area (Å²) < 4.78 is 2.00. The number of hydrogen-bond donors (Lipinski definition) is 0. The van der Waals surface area contributed by atoms with Gasteiger partial charge < -0.3 is 14.4 Å². The molecule has 1 aliphatic rings. The highest BCUT2D eigenvalue weighted by atomic mass is 16.2. The van der Waals surface area contributed by atoms with E-state index < -0.39 is 0 Å². The van der Waals surface area contributed by atoms with Crippen LogP contribution in [-0.4, -0.2) is 50.0 Å². The first-order valence-electron chi connectivity index (χ1n) is 8.97. The molecule has 7 nitrogen and oxygen atoms in total. The van der Waals surface area contributed by atoms with Gasteiger partial charge in [-0.3, -0.25) is 4.79 Å². The average molecular weight is 342 g/mol. The maximum atomic E-state index is 12.4. The van der Waals surface area contributed by atoms with Gasteiger partial charge in [0, 0.05) is 51.9 Å². The zero-order chi connectivity index (χ0) is 17.6. The summed E-state index contributed by atoms with van der Waals surface area (Å²) in [4.78, 5) is 29.6. The third-order valence-electron chi connectivity index (χ3n) is 4.65. The second-order valence-corrected chi connectivity index (χ2v) is 6.44. The van der Waals surface area contributed by atoms with E-state index in [2.05, 4.69) is 19.9 Å². The van der Waals surface area contributed by atoms with Gasteiger partial charge in [-0.15, -0.1) is 0 Å². The summed E-state index contributed by atoms with van der Waals surface area (Å²) in [7, 11) is 1.98. The molecule has 25 heavy (non-hydrogen) atoms. The van der Waals surface area contributed by atoms with Gasteiger partial charge in [0.25, 0.3) is 0 Å². The number of carbonyl (C=O) groups is 1. The van der Waals surface area contributed by atoms with Gasteiger partial charge in [0.05, 0.1) is 18.6 Å². The smallest absolute Gasteiger partial charge is 0.224 e. The molecule has 0 aromatic carbocycles. The van der Waals surface area contributed by atoms with Crippen LogP contribution in [-0.2, 0) is 24.8 Å². The van der Waals surface area contributed by atoms with Crippen molar-refractivity contribution in [2.75, 3.05) is 24.5 Å². The van der Waals surface area contributed by atoms with Crippen molar-refractivity contribution in [3.8, 4) is 0 Å². The molecule has 0 aliphatic carbocycles. The Bertz CT molecular complexity index is 707. The monoisotopic (exact) mass is 342 g/mol. The van der Waals surface area contributed by atoms with Crippen LogP contribution in [0.25, 0.3) is 0 Å².